The third kappa shape index (κ3) is 6.39. The van der Waals surface area contributed by atoms with Crippen molar-refractivity contribution in [2.75, 3.05) is 32.8 Å². The molecule has 3 nitrogen and oxygen atoms in total. The SMILES string of the molecule is CCCNC(CC)(CO)CCCN(CC)CC. The van der Waals surface area contributed by atoms with Crippen LogP contribution >= 0.6 is 0 Å². The van der Waals surface area contributed by atoms with Crippen molar-refractivity contribution in [3.05, 3.63) is 0 Å². The molecule has 0 spiro atoms. The molecule has 104 valence electrons. The predicted molar refractivity (Wildman–Crippen MR) is 75.4 cm³/mol. The monoisotopic (exact) mass is 244 g/mol. The molecule has 0 radical (unpaired) electrons. The first kappa shape index (κ1) is 16.9. The number of nitrogens with zero attached hydrogens (tertiary/aromatic N) is 1. The van der Waals surface area contributed by atoms with E-state index in [0.717, 1.165) is 51.9 Å². The minimum atomic E-state index is -0.0524. The highest BCUT2D eigenvalue weighted by Crippen LogP contribution is 2.17. The fourth-order valence-corrected chi connectivity index (χ4v) is 2.21. The van der Waals surface area contributed by atoms with Gasteiger partial charge < -0.3 is 15.3 Å². The topological polar surface area (TPSA) is 35.5 Å². The zero-order chi connectivity index (χ0) is 13.1. The third-order valence-corrected chi connectivity index (χ3v) is 3.75. The molecule has 1 unspecified atom stereocenters. The summed E-state index contributed by atoms with van der Waals surface area (Å²) in [5.41, 5.74) is -0.0524. The summed E-state index contributed by atoms with van der Waals surface area (Å²) in [5.74, 6) is 0. The number of hydrogen-bond acceptors (Lipinski definition) is 3. The van der Waals surface area contributed by atoms with Gasteiger partial charge in [-0.2, -0.15) is 0 Å². The van der Waals surface area contributed by atoms with Crippen LogP contribution in [0.5, 0.6) is 0 Å². The second kappa shape index (κ2) is 9.86. The van der Waals surface area contributed by atoms with E-state index in [1.54, 1.807) is 0 Å². The Morgan fingerprint density at radius 1 is 1.12 bits per heavy atom. The van der Waals surface area contributed by atoms with Crippen molar-refractivity contribution in [3.8, 4) is 0 Å². The van der Waals surface area contributed by atoms with Gasteiger partial charge in [0.1, 0.15) is 0 Å². The van der Waals surface area contributed by atoms with Crippen molar-refractivity contribution < 1.29 is 5.11 Å². The van der Waals surface area contributed by atoms with Crippen LogP contribution in [0.2, 0.25) is 0 Å². The Kier molecular flexibility index (Phi) is 9.79. The maximum atomic E-state index is 9.61. The van der Waals surface area contributed by atoms with Crippen LogP contribution in [0.25, 0.3) is 0 Å². The number of rotatable bonds is 11. The van der Waals surface area contributed by atoms with E-state index >= 15 is 0 Å². The standard InChI is InChI=1S/C14H32N2O/c1-5-11-15-14(6-2,13-17)10-9-12-16(7-3)8-4/h15,17H,5-13H2,1-4H3. The average Bonchev–Trinajstić information content (AvgIpc) is 2.39. The Morgan fingerprint density at radius 3 is 2.18 bits per heavy atom. The van der Waals surface area contributed by atoms with E-state index in [4.69, 9.17) is 0 Å². The van der Waals surface area contributed by atoms with Crippen LogP contribution in [0, 0.1) is 0 Å². The Balaban J connectivity index is 4.06. The first-order valence-corrected chi connectivity index (χ1v) is 7.26. The van der Waals surface area contributed by atoms with E-state index in [9.17, 15) is 5.11 Å². The van der Waals surface area contributed by atoms with Crippen LogP contribution in [0.4, 0.5) is 0 Å². The van der Waals surface area contributed by atoms with E-state index < -0.39 is 0 Å². The maximum Gasteiger partial charge on any atom is 0.0613 e. The molecule has 0 aliphatic heterocycles. The summed E-state index contributed by atoms with van der Waals surface area (Å²) in [4.78, 5) is 2.44. The van der Waals surface area contributed by atoms with Gasteiger partial charge in [0, 0.05) is 5.54 Å². The molecular weight excluding hydrogens is 212 g/mol. The van der Waals surface area contributed by atoms with E-state index in [1.165, 1.54) is 0 Å². The summed E-state index contributed by atoms with van der Waals surface area (Å²) in [5, 5.41) is 13.1. The summed E-state index contributed by atoms with van der Waals surface area (Å²) in [6.07, 6.45) is 4.35. The van der Waals surface area contributed by atoms with Crippen molar-refractivity contribution in [2.24, 2.45) is 0 Å². The Hall–Kier alpha value is -0.120. The van der Waals surface area contributed by atoms with Crippen molar-refractivity contribution in [1.29, 1.82) is 0 Å². The number of aliphatic hydroxyl groups excluding tert-OH is 1. The average molecular weight is 244 g/mol. The highest BCUT2D eigenvalue weighted by molar-refractivity contribution is 4.86. The molecule has 0 saturated heterocycles. The second-order valence-electron chi connectivity index (χ2n) is 4.85. The van der Waals surface area contributed by atoms with E-state index in [0.29, 0.717) is 0 Å². The van der Waals surface area contributed by atoms with Crippen LogP contribution in [0.1, 0.15) is 53.4 Å². The molecule has 0 amide bonds. The first-order chi connectivity index (χ1) is 8.17. The summed E-state index contributed by atoms with van der Waals surface area (Å²) in [6, 6.07) is 0. The predicted octanol–water partition coefficient (Wildman–Crippen LogP) is 2.25. The van der Waals surface area contributed by atoms with Gasteiger partial charge in [-0.3, -0.25) is 0 Å². The third-order valence-electron chi connectivity index (χ3n) is 3.75. The lowest BCUT2D eigenvalue weighted by molar-refractivity contribution is 0.139. The molecular formula is C14H32N2O. The van der Waals surface area contributed by atoms with Crippen LogP contribution in [-0.2, 0) is 0 Å². The van der Waals surface area contributed by atoms with Gasteiger partial charge in [-0.1, -0.05) is 27.7 Å². The molecule has 0 aromatic heterocycles. The van der Waals surface area contributed by atoms with Crippen molar-refractivity contribution in [2.45, 2.75) is 58.9 Å². The molecule has 0 aliphatic rings. The fraction of sp³-hybridized carbons (Fsp3) is 1.00. The number of hydrogen-bond donors (Lipinski definition) is 2. The Bertz CT molecular complexity index is 166. The van der Waals surface area contributed by atoms with Gasteiger partial charge in [-0.15, -0.1) is 0 Å². The molecule has 1 atom stereocenters. The van der Waals surface area contributed by atoms with Gasteiger partial charge in [-0.25, -0.2) is 0 Å². The maximum absolute atomic E-state index is 9.61. The van der Waals surface area contributed by atoms with E-state index in [2.05, 4.69) is 37.9 Å². The largest absolute Gasteiger partial charge is 0.394 e. The van der Waals surface area contributed by atoms with Crippen molar-refractivity contribution >= 4 is 0 Å². The molecule has 0 heterocycles. The molecule has 0 aromatic rings. The molecule has 2 N–H and O–H groups in total. The zero-order valence-electron chi connectivity index (χ0n) is 12.3. The second-order valence-corrected chi connectivity index (χ2v) is 4.85. The molecule has 0 bridgehead atoms. The van der Waals surface area contributed by atoms with Crippen molar-refractivity contribution in [1.82, 2.24) is 10.2 Å². The lowest BCUT2D eigenvalue weighted by Gasteiger charge is -2.33. The quantitative estimate of drug-likeness (QED) is 0.585. The van der Waals surface area contributed by atoms with Gasteiger partial charge in [-0.05, 0) is 51.9 Å². The summed E-state index contributed by atoms with van der Waals surface area (Å²) in [7, 11) is 0. The summed E-state index contributed by atoms with van der Waals surface area (Å²) in [6.45, 7) is 13.4. The summed E-state index contributed by atoms with van der Waals surface area (Å²) >= 11 is 0. The smallest absolute Gasteiger partial charge is 0.0613 e. The van der Waals surface area contributed by atoms with E-state index in [-0.39, 0.29) is 12.1 Å². The molecule has 0 fully saturated rings. The molecule has 17 heavy (non-hydrogen) atoms. The highest BCUT2D eigenvalue weighted by Gasteiger charge is 2.25. The van der Waals surface area contributed by atoms with Gasteiger partial charge in [0.25, 0.3) is 0 Å². The van der Waals surface area contributed by atoms with Crippen LogP contribution in [0.15, 0.2) is 0 Å². The van der Waals surface area contributed by atoms with Gasteiger partial charge in [0.2, 0.25) is 0 Å². The molecule has 0 aliphatic carbocycles. The van der Waals surface area contributed by atoms with Crippen LogP contribution < -0.4 is 5.32 Å². The zero-order valence-corrected chi connectivity index (χ0v) is 12.3. The Labute approximate surface area is 108 Å². The van der Waals surface area contributed by atoms with Gasteiger partial charge >= 0.3 is 0 Å². The summed E-state index contributed by atoms with van der Waals surface area (Å²) < 4.78 is 0. The first-order valence-electron chi connectivity index (χ1n) is 7.26. The molecule has 0 aromatic carbocycles. The van der Waals surface area contributed by atoms with Crippen molar-refractivity contribution in [3.63, 3.8) is 0 Å². The molecule has 0 rings (SSSR count). The molecule has 0 saturated carbocycles. The van der Waals surface area contributed by atoms with Gasteiger partial charge in [0.15, 0.2) is 0 Å². The van der Waals surface area contributed by atoms with E-state index in [1.807, 2.05) is 0 Å². The lowest BCUT2D eigenvalue weighted by atomic mass is 9.91. The lowest BCUT2D eigenvalue weighted by Crippen LogP contribution is -2.48. The highest BCUT2D eigenvalue weighted by atomic mass is 16.3. The number of aliphatic hydroxyl groups is 1. The Morgan fingerprint density at radius 2 is 1.76 bits per heavy atom. The number of nitrogens with one attached hydrogen (secondary N) is 1. The minimum absolute atomic E-state index is 0.0524. The minimum Gasteiger partial charge on any atom is -0.394 e. The van der Waals surface area contributed by atoms with Crippen LogP contribution in [0.3, 0.4) is 0 Å². The van der Waals surface area contributed by atoms with Crippen LogP contribution in [-0.4, -0.2) is 48.3 Å². The fourth-order valence-electron chi connectivity index (χ4n) is 2.21. The molecule has 3 heteroatoms. The normalized spacial score (nSPS) is 15.2. The van der Waals surface area contributed by atoms with Gasteiger partial charge in [0.05, 0.1) is 6.61 Å².